The minimum absolute atomic E-state index is 0.610. The molecule has 0 aliphatic carbocycles. The topological polar surface area (TPSA) is 26.0 Å². The van der Waals surface area contributed by atoms with Gasteiger partial charge in [-0.15, -0.1) is 0 Å². The molecule has 5 rings (SSSR count). The normalized spacial score (nSPS) is 12.5. The number of fused-ring (bicyclic) bond motifs is 3. The quantitative estimate of drug-likeness (QED) is 0.368. The smallest absolute Gasteiger partial charge is 0.228 e. The Morgan fingerprint density at radius 2 is 1.89 bits per heavy atom. The zero-order valence-electron chi connectivity index (χ0n) is 17.1. The highest BCUT2D eigenvalue weighted by molar-refractivity contribution is 6.06. The van der Waals surface area contributed by atoms with Gasteiger partial charge in [0.1, 0.15) is 18.5 Å². The Hall–Kier alpha value is -2.94. The molecule has 0 bridgehead atoms. The number of aryl methyl sites for hydroxylation is 3. The molecule has 0 fully saturated rings. The van der Waals surface area contributed by atoms with Gasteiger partial charge in [-0.3, -0.25) is 4.98 Å². The van der Waals surface area contributed by atoms with E-state index in [9.17, 15) is 0 Å². The third-order valence-electron chi connectivity index (χ3n) is 5.92. The van der Waals surface area contributed by atoms with E-state index >= 15 is 0 Å². The third kappa shape index (κ3) is 2.35. The Balaban J connectivity index is 1.91. The molecule has 28 heavy (non-hydrogen) atoms. The van der Waals surface area contributed by atoms with Crippen LogP contribution in [0.3, 0.4) is 0 Å². The van der Waals surface area contributed by atoms with Gasteiger partial charge in [0.15, 0.2) is 6.20 Å². The fraction of sp³-hybridized carbons (Fsp3) is 0.280. The highest BCUT2D eigenvalue weighted by atomic mass is 16.5. The number of ether oxygens (including phenoxy) is 1. The fourth-order valence-corrected chi connectivity index (χ4v) is 4.65. The van der Waals surface area contributed by atoms with Crippen LogP contribution in [0.25, 0.3) is 32.8 Å². The summed E-state index contributed by atoms with van der Waals surface area (Å²) in [6, 6.07) is 8.87. The lowest BCUT2D eigenvalue weighted by molar-refractivity contribution is -0.659. The summed E-state index contributed by atoms with van der Waals surface area (Å²) in [4.78, 5) is 4.35. The van der Waals surface area contributed by atoms with Crippen molar-refractivity contribution in [2.24, 2.45) is 13.0 Å². The third-order valence-corrected chi connectivity index (χ3v) is 5.92. The maximum atomic E-state index is 6.61. The van der Waals surface area contributed by atoms with Crippen molar-refractivity contribution in [1.82, 2.24) is 4.98 Å². The number of hydrogen-bond donors (Lipinski definition) is 0. The van der Waals surface area contributed by atoms with Crippen molar-refractivity contribution < 1.29 is 9.30 Å². The molecule has 4 aromatic rings. The van der Waals surface area contributed by atoms with E-state index in [1.807, 2.05) is 12.4 Å². The predicted octanol–water partition coefficient (Wildman–Crippen LogP) is 5.80. The summed E-state index contributed by atoms with van der Waals surface area (Å²) >= 11 is 0. The van der Waals surface area contributed by atoms with Crippen LogP contribution in [0, 0.1) is 19.8 Å². The molecule has 0 unspecified atom stereocenters. The van der Waals surface area contributed by atoms with E-state index in [-0.39, 0.29) is 0 Å². The molecular weight excluding hydrogens is 344 g/mol. The second-order valence-electron chi connectivity index (χ2n) is 8.41. The molecule has 0 amide bonds. The number of nitrogens with zero attached hydrogens (tertiary/aromatic N) is 2. The second-order valence-corrected chi connectivity index (χ2v) is 8.41. The van der Waals surface area contributed by atoms with Crippen molar-refractivity contribution in [2.75, 3.05) is 0 Å². The van der Waals surface area contributed by atoms with Gasteiger partial charge in [0.25, 0.3) is 0 Å². The number of rotatable bonds is 2. The first-order valence-corrected chi connectivity index (χ1v) is 9.96. The highest BCUT2D eigenvalue weighted by Gasteiger charge is 2.32. The van der Waals surface area contributed by atoms with Crippen LogP contribution >= 0.6 is 0 Å². The monoisotopic (exact) mass is 369 g/mol. The molecule has 2 aromatic heterocycles. The standard InChI is InChI=1S/C25H25N2O/c1-14(2)10-17-11-18-7-9-27(5)24-22-15(3)19-6-8-26-13-20(19)16(4)25(22)28-21(12-17)23(18)24/h6-9,11-14H,10H2,1-5H3/q+1. The first-order chi connectivity index (χ1) is 13.5. The van der Waals surface area contributed by atoms with Gasteiger partial charge in [-0.1, -0.05) is 19.9 Å². The Kier molecular flexibility index (Phi) is 3.70. The summed E-state index contributed by atoms with van der Waals surface area (Å²) in [7, 11) is 2.13. The maximum absolute atomic E-state index is 6.61. The van der Waals surface area contributed by atoms with Crippen LogP contribution in [0.4, 0.5) is 0 Å². The molecule has 0 radical (unpaired) electrons. The summed E-state index contributed by atoms with van der Waals surface area (Å²) in [5.41, 5.74) is 6.17. The van der Waals surface area contributed by atoms with Crippen LogP contribution in [0.5, 0.6) is 11.5 Å². The minimum Gasteiger partial charge on any atom is -0.455 e. The first-order valence-electron chi connectivity index (χ1n) is 9.96. The van der Waals surface area contributed by atoms with Crippen molar-refractivity contribution >= 4 is 21.5 Å². The molecule has 0 spiro atoms. The van der Waals surface area contributed by atoms with Crippen LogP contribution in [0.2, 0.25) is 0 Å². The number of benzene rings is 2. The van der Waals surface area contributed by atoms with Crippen molar-refractivity contribution in [3.63, 3.8) is 0 Å². The molecule has 2 aromatic carbocycles. The predicted molar refractivity (Wildman–Crippen MR) is 114 cm³/mol. The lowest BCUT2D eigenvalue weighted by atomic mass is 9.89. The molecule has 140 valence electrons. The van der Waals surface area contributed by atoms with Gasteiger partial charge in [0, 0.05) is 29.4 Å². The summed E-state index contributed by atoms with van der Waals surface area (Å²) in [6.45, 7) is 8.86. The summed E-state index contributed by atoms with van der Waals surface area (Å²) in [5.74, 6) is 2.55. The number of aromatic nitrogens is 2. The molecule has 3 nitrogen and oxygen atoms in total. The minimum atomic E-state index is 0.610. The molecule has 3 heteroatoms. The highest BCUT2D eigenvalue weighted by Crippen LogP contribution is 2.50. The van der Waals surface area contributed by atoms with E-state index in [2.05, 4.69) is 74.8 Å². The average Bonchev–Trinajstić information content (AvgIpc) is 2.67. The Labute approximate surface area is 165 Å². The molecule has 3 heterocycles. The molecule has 0 atom stereocenters. The van der Waals surface area contributed by atoms with Crippen LogP contribution in [0.15, 0.2) is 42.9 Å². The van der Waals surface area contributed by atoms with E-state index in [1.165, 1.54) is 38.5 Å². The van der Waals surface area contributed by atoms with E-state index in [1.54, 1.807) is 0 Å². The Morgan fingerprint density at radius 1 is 1.07 bits per heavy atom. The molecule has 0 saturated carbocycles. The number of pyridine rings is 2. The summed E-state index contributed by atoms with van der Waals surface area (Å²) < 4.78 is 8.84. The van der Waals surface area contributed by atoms with E-state index in [0.29, 0.717) is 5.92 Å². The maximum Gasteiger partial charge on any atom is 0.228 e. The van der Waals surface area contributed by atoms with Gasteiger partial charge < -0.3 is 4.74 Å². The van der Waals surface area contributed by atoms with Gasteiger partial charge in [-0.2, -0.15) is 0 Å². The van der Waals surface area contributed by atoms with E-state index < -0.39 is 0 Å². The van der Waals surface area contributed by atoms with E-state index in [0.717, 1.165) is 28.9 Å². The van der Waals surface area contributed by atoms with Gasteiger partial charge in [-0.25, -0.2) is 4.57 Å². The zero-order valence-corrected chi connectivity index (χ0v) is 17.1. The molecular formula is C25H25N2O+. The fourth-order valence-electron chi connectivity index (χ4n) is 4.65. The van der Waals surface area contributed by atoms with Crippen molar-refractivity contribution in [3.05, 3.63) is 59.5 Å². The Morgan fingerprint density at radius 3 is 2.68 bits per heavy atom. The SMILES string of the molecule is Cc1c2c(c(C)c3ccncc13)-c1c3c(cc(CC(C)C)cc3cc[n+]1C)O2. The van der Waals surface area contributed by atoms with Gasteiger partial charge in [-0.05, 0) is 60.2 Å². The summed E-state index contributed by atoms with van der Waals surface area (Å²) in [5, 5.41) is 4.86. The van der Waals surface area contributed by atoms with Gasteiger partial charge in [0.05, 0.1) is 10.9 Å². The van der Waals surface area contributed by atoms with Crippen LogP contribution < -0.4 is 9.30 Å². The summed E-state index contributed by atoms with van der Waals surface area (Å²) in [6.07, 6.45) is 7.04. The molecule has 0 saturated heterocycles. The Bertz CT molecular complexity index is 1270. The van der Waals surface area contributed by atoms with Crippen molar-refractivity contribution in [2.45, 2.75) is 34.1 Å². The lowest BCUT2D eigenvalue weighted by Crippen LogP contribution is -2.32. The molecule has 0 N–H and O–H groups in total. The lowest BCUT2D eigenvalue weighted by Gasteiger charge is -2.24. The largest absolute Gasteiger partial charge is 0.455 e. The first kappa shape index (κ1) is 17.2. The van der Waals surface area contributed by atoms with Crippen molar-refractivity contribution in [1.29, 1.82) is 0 Å². The number of hydrogen-bond acceptors (Lipinski definition) is 2. The molecule has 1 aliphatic heterocycles. The van der Waals surface area contributed by atoms with Crippen molar-refractivity contribution in [3.8, 4) is 22.8 Å². The van der Waals surface area contributed by atoms with Gasteiger partial charge in [0.2, 0.25) is 5.69 Å². The van der Waals surface area contributed by atoms with Crippen LogP contribution in [0.1, 0.15) is 30.5 Å². The van der Waals surface area contributed by atoms with E-state index in [4.69, 9.17) is 4.74 Å². The van der Waals surface area contributed by atoms with Crippen LogP contribution in [-0.4, -0.2) is 4.98 Å². The van der Waals surface area contributed by atoms with Crippen LogP contribution in [-0.2, 0) is 13.5 Å². The van der Waals surface area contributed by atoms with Gasteiger partial charge >= 0.3 is 0 Å². The zero-order chi connectivity index (χ0) is 19.6. The molecule has 1 aliphatic rings. The second kappa shape index (κ2) is 6.03. The average molecular weight is 369 g/mol.